The lowest BCUT2D eigenvalue weighted by Crippen LogP contribution is -2.33. The molecule has 5 nitrogen and oxygen atoms in total. The molecular formula is C16H18ClN5. The van der Waals surface area contributed by atoms with Crippen LogP contribution in [0.3, 0.4) is 0 Å². The van der Waals surface area contributed by atoms with E-state index < -0.39 is 0 Å². The summed E-state index contributed by atoms with van der Waals surface area (Å²) in [5.74, 6) is 2.32. The van der Waals surface area contributed by atoms with Gasteiger partial charge in [0.05, 0.1) is 5.69 Å². The lowest BCUT2D eigenvalue weighted by Gasteiger charge is -2.18. The zero-order valence-corrected chi connectivity index (χ0v) is 13.6. The highest BCUT2D eigenvalue weighted by Crippen LogP contribution is 2.24. The summed E-state index contributed by atoms with van der Waals surface area (Å²) < 4.78 is 0. The minimum Gasteiger partial charge on any atom is -0.286 e. The second-order valence-electron chi connectivity index (χ2n) is 5.42. The Bertz CT molecular complexity index is 721. The first kappa shape index (κ1) is 14.8. The average Bonchev–Trinajstić information content (AvgIpc) is 2.89. The molecule has 1 aromatic heterocycles. The molecule has 1 aliphatic rings. The first-order valence-electron chi connectivity index (χ1n) is 7.21. The van der Waals surface area contributed by atoms with E-state index in [1.165, 1.54) is 0 Å². The number of nitrogens with one attached hydrogen (secondary N) is 1. The van der Waals surface area contributed by atoms with Crippen molar-refractivity contribution in [3.8, 4) is 0 Å². The van der Waals surface area contributed by atoms with Crippen LogP contribution in [0, 0.1) is 20.8 Å². The largest absolute Gasteiger partial charge is 0.286 e. The Labute approximate surface area is 135 Å². The number of hydrogen-bond acceptors (Lipinski definition) is 4. The van der Waals surface area contributed by atoms with Gasteiger partial charge in [0.1, 0.15) is 11.7 Å². The molecule has 1 N–H and O–H groups in total. The first-order chi connectivity index (χ1) is 10.5. The molecule has 0 atom stereocenters. The Morgan fingerprint density at radius 2 is 2.00 bits per heavy atom. The minimum absolute atomic E-state index is 0.691. The molecular weight excluding hydrogens is 298 g/mol. The number of rotatable bonds is 2. The van der Waals surface area contributed by atoms with E-state index in [4.69, 9.17) is 11.6 Å². The van der Waals surface area contributed by atoms with Gasteiger partial charge < -0.3 is 0 Å². The van der Waals surface area contributed by atoms with Crippen molar-refractivity contribution >= 4 is 28.9 Å². The lowest BCUT2D eigenvalue weighted by atomic mass is 10.2. The van der Waals surface area contributed by atoms with Gasteiger partial charge in [0.25, 0.3) is 0 Å². The normalized spacial score (nSPS) is 16.2. The number of aryl methyl sites for hydroxylation is 3. The summed E-state index contributed by atoms with van der Waals surface area (Å²) >= 11 is 6.19. The van der Waals surface area contributed by atoms with Gasteiger partial charge in [-0.1, -0.05) is 17.7 Å². The van der Waals surface area contributed by atoms with Crippen LogP contribution in [0.2, 0.25) is 5.02 Å². The molecule has 0 bridgehead atoms. The van der Waals surface area contributed by atoms with Gasteiger partial charge in [-0.3, -0.25) is 10.4 Å². The Morgan fingerprint density at radius 1 is 1.18 bits per heavy atom. The second kappa shape index (κ2) is 5.93. The van der Waals surface area contributed by atoms with Gasteiger partial charge in [0.15, 0.2) is 5.82 Å². The van der Waals surface area contributed by atoms with E-state index in [2.05, 4.69) is 26.5 Å². The highest BCUT2D eigenvalue weighted by atomic mass is 35.5. The molecule has 6 heteroatoms. The summed E-state index contributed by atoms with van der Waals surface area (Å²) in [5.41, 5.74) is 6.34. The number of aliphatic imine (C=N–C) groups is 1. The van der Waals surface area contributed by atoms with Crippen LogP contribution in [0.1, 0.15) is 23.5 Å². The van der Waals surface area contributed by atoms with Crippen molar-refractivity contribution in [1.82, 2.24) is 15.4 Å². The van der Waals surface area contributed by atoms with Crippen LogP contribution in [0.25, 0.3) is 0 Å². The Kier molecular flexibility index (Phi) is 3.98. The number of amidine groups is 1. The third kappa shape index (κ3) is 3.20. The second-order valence-corrected chi connectivity index (χ2v) is 5.83. The van der Waals surface area contributed by atoms with E-state index in [9.17, 15) is 0 Å². The summed E-state index contributed by atoms with van der Waals surface area (Å²) in [5, 5.41) is 2.82. The molecule has 114 valence electrons. The maximum absolute atomic E-state index is 6.19. The van der Waals surface area contributed by atoms with Crippen molar-refractivity contribution in [3.63, 3.8) is 0 Å². The fourth-order valence-electron chi connectivity index (χ4n) is 2.40. The zero-order valence-electron chi connectivity index (χ0n) is 12.9. The molecule has 22 heavy (non-hydrogen) atoms. The van der Waals surface area contributed by atoms with Crippen LogP contribution >= 0.6 is 11.6 Å². The fraction of sp³-hybridized carbons (Fsp3) is 0.312. The van der Waals surface area contributed by atoms with Crippen molar-refractivity contribution in [2.24, 2.45) is 4.99 Å². The predicted molar refractivity (Wildman–Crippen MR) is 89.9 cm³/mol. The molecule has 3 rings (SSSR count). The summed E-state index contributed by atoms with van der Waals surface area (Å²) in [6.45, 7) is 6.66. The number of hydrogen-bond donors (Lipinski definition) is 1. The van der Waals surface area contributed by atoms with Gasteiger partial charge in [-0.2, -0.15) is 0 Å². The zero-order chi connectivity index (χ0) is 15.7. The molecule has 2 aromatic rings. The highest BCUT2D eigenvalue weighted by molar-refractivity contribution is 6.31. The van der Waals surface area contributed by atoms with Gasteiger partial charge in [-0.05, 0) is 38.5 Å². The number of hydrazine groups is 1. The fourth-order valence-corrected chi connectivity index (χ4v) is 2.58. The van der Waals surface area contributed by atoms with Crippen molar-refractivity contribution in [2.75, 3.05) is 11.6 Å². The molecule has 2 heterocycles. The van der Waals surface area contributed by atoms with Gasteiger partial charge in [0, 0.05) is 29.7 Å². The maximum Gasteiger partial charge on any atom is 0.157 e. The smallest absolute Gasteiger partial charge is 0.157 e. The van der Waals surface area contributed by atoms with Crippen molar-refractivity contribution in [1.29, 1.82) is 0 Å². The maximum atomic E-state index is 6.19. The van der Waals surface area contributed by atoms with Crippen LogP contribution in [0.5, 0.6) is 0 Å². The molecule has 0 amide bonds. The summed E-state index contributed by atoms with van der Waals surface area (Å²) in [6.07, 6.45) is 0.841. The molecule has 1 aliphatic heterocycles. The Hall–Kier alpha value is -2.14. The van der Waals surface area contributed by atoms with Gasteiger partial charge in [-0.25, -0.2) is 15.0 Å². The van der Waals surface area contributed by atoms with Crippen LogP contribution in [0.15, 0.2) is 29.3 Å². The van der Waals surface area contributed by atoms with E-state index >= 15 is 0 Å². The number of anilines is 1. The van der Waals surface area contributed by atoms with E-state index in [0.717, 1.165) is 46.6 Å². The number of aromatic nitrogens is 2. The van der Waals surface area contributed by atoms with Crippen LogP contribution in [-0.2, 0) is 0 Å². The van der Waals surface area contributed by atoms with Crippen LogP contribution < -0.4 is 10.4 Å². The Balaban J connectivity index is 1.79. The molecule has 0 radical (unpaired) electrons. The SMILES string of the molecule is Cc1cc(N=C2CCN(c3ccc(C)c(Cl)c3)N2)nc(C)n1. The predicted octanol–water partition coefficient (Wildman–Crippen LogP) is 3.50. The molecule has 1 aromatic carbocycles. The highest BCUT2D eigenvalue weighted by Gasteiger charge is 2.18. The third-order valence-electron chi connectivity index (χ3n) is 3.51. The number of benzene rings is 1. The number of nitrogens with zero attached hydrogens (tertiary/aromatic N) is 4. The first-order valence-corrected chi connectivity index (χ1v) is 7.59. The Morgan fingerprint density at radius 3 is 2.73 bits per heavy atom. The summed E-state index contributed by atoms with van der Waals surface area (Å²) in [6, 6.07) is 7.92. The molecule has 0 spiro atoms. The standard InChI is InChI=1S/C16H18ClN5/c1-10-4-5-13(9-14(10)17)22-7-6-15(21-22)20-16-8-11(2)18-12(3)19-16/h4-5,8-9H,6-7H2,1-3H3,(H,18,19,20,21). The van der Waals surface area contributed by atoms with E-state index in [1.54, 1.807) is 0 Å². The number of halogens is 1. The molecule has 0 saturated carbocycles. The van der Waals surface area contributed by atoms with Gasteiger partial charge in [0.2, 0.25) is 0 Å². The summed E-state index contributed by atoms with van der Waals surface area (Å²) in [7, 11) is 0. The van der Waals surface area contributed by atoms with Crippen LogP contribution in [-0.4, -0.2) is 22.3 Å². The monoisotopic (exact) mass is 315 g/mol. The quantitative estimate of drug-likeness (QED) is 0.921. The molecule has 0 aliphatic carbocycles. The lowest BCUT2D eigenvalue weighted by molar-refractivity contribution is 0.857. The summed E-state index contributed by atoms with van der Waals surface area (Å²) in [4.78, 5) is 13.2. The molecule has 1 fully saturated rings. The topological polar surface area (TPSA) is 53.4 Å². The van der Waals surface area contributed by atoms with E-state index in [-0.39, 0.29) is 0 Å². The van der Waals surface area contributed by atoms with E-state index in [0.29, 0.717) is 5.82 Å². The van der Waals surface area contributed by atoms with E-state index in [1.807, 2.05) is 44.0 Å². The molecule has 1 saturated heterocycles. The van der Waals surface area contributed by atoms with Crippen molar-refractivity contribution in [2.45, 2.75) is 27.2 Å². The van der Waals surface area contributed by atoms with Gasteiger partial charge in [-0.15, -0.1) is 0 Å². The van der Waals surface area contributed by atoms with Gasteiger partial charge >= 0.3 is 0 Å². The van der Waals surface area contributed by atoms with Crippen molar-refractivity contribution < 1.29 is 0 Å². The third-order valence-corrected chi connectivity index (χ3v) is 3.91. The average molecular weight is 316 g/mol. The minimum atomic E-state index is 0.691. The van der Waals surface area contributed by atoms with Crippen molar-refractivity contribution in [3.05, 3.63) is 46.4 Å². The molecule has 0 unspecified atom stereocenters. The van der Waals surface area contributed by atoms with Crippen LogP contribution in [0.4, 0.5) is 11.5 Å².